The molecule has 24 heavy (non-hydrogen) atoms. The number of rotatable bonds is 4. The molecule has 0 fully saturated rings. The number of nitrogens with one attached hydrogen (secondary N) is 1. The largest absolute Gasteiger partial charge is 0.493 e. The van der Waals surface area contributed by atoms with Crippen molar-refractivity contribution in [1.29, 1.82) is 0 Å². The molecule has 124 valence electrons. The fraction of sp³-hybridized carbons (Fsp3) is 0.250. The van der Waals surface area contributed by atoms with E-state index in [4.69, 9.17) is 9.47 Å². The molecule has 0 aromatic heterocycles. The quantitative estimate of drug-likeness (QED) is 0.852. The Bertz CT molecular complexity index is 804. The zero-order valence-corrected chi connectivity index (χ0v) is 14.3. The monoisotopic (exact) mass is 323 g/mol. The van der Waals surface area contributed by atoms with Gasteiger partial charge in [0, 0.05) is 17.2 Å². The smallest absolute Gasteiger partial charge is 0.256 e. The van der Waals surface area contributed by atoms with Crippen molar-refractivity contribution < 1.29 is 14.3 Å². The SMILES string of the molecule is COc1cc2c(cc1OC)C(=Cc1ccc(C(C)C)cc1)C(=O)N2. The number of carbonyl (C=O) groups excluding carboxylic acids is 1. The molecule has 0 saturated carbocycles. The minimum Gasteiger partial charge on any atom is -0.493 e. The Morgan fingerprint density at radius 3 is 2.21 bits per heavy atom. The number of methoxy groups -OCH3 is 2. The number of fused-ring (bicyclic) bond motifs is 1. The molecule has 0 saturated heterocycles. The Morgan fingerprint density at radius 1 is 1.00 bits per heavy atom. The van der Waals surface area contributed by atoms with E-state index in [0.717, 1.165) is 16.8 Å². The van der Waals surface area contributed by atoms with Crippen LogP contribution in [0.5, 0.6) is 11.5 Å². The van der Waals surface area contributed by atoms with Gasteiger partial charge in [-0.25, -0.2) is 0 Å². The fourth-order valence-electron chi connectivity index (χ4n) is 2.80. The normalized spacial score (nSPS) is 14.7. The van der Waals surface area contributed by atoms with Crippen LogP contribution < -0.4 is 14.8 Å². The van der Waals surface area contributed by atoms with Crippen LogP contribution in [0, 0.1) is 0 Å². The molecule has 1 aliphatic heterocycles. The van der Waals surface area contributed by atoms with Gasteiger partial charge in [-0.3, -0.25) is 4.79 Å². The summed E-state index contributed by atoms with van der Waals surface area (Å²) in [6.07, 6.45) is 1.90. The molecule has 4 nitrogen and oxygen atoms in total. The van der Waals surface area contributed by atoms with Crippen molar-refractivity contribution in [3.05, 3.63) is 53.1 Å². The van der Waals surface area contributed by atoms with Gasteiger partial charge in [0.1, 0.15) is 0 Å². The standard InChI is InChI=1S/C20H21NO3/c1-12(2)14-7-5-13(6-8-14)9-16-15-10-18(23-3)19(24-4)11-17(15)21-20(16)22/h5-12H,1-4H3,(H,21,22). The highest BCUT2D eigenvalue weighted by atomic mass is 16.5. The molecular formula is C20H21NO3. The third-order valence-corrected chi connectivity index (χ3v) is 4.22. The number of carbonyl (C=O) groups is 1. The van der Waals surface area contributed by atoms with Gasteiger partial charge in [-0.05, 0) is 29.2 Å². The molecule has 3 rings (SSSR count). The summed E-state index contributed by atoms with van der Waals surface area (Å²) in [5.74, 6) is 1.57. The van der Waals surface area contributed by atoms with E-state index in [1.807, 2.05) is 24.3 Å². The molecule has 1 aliphatic rings. The third-order valence-electron chi connectivity index (χ3n) is 4.22. The first-order chi connectivity index (χ1) is 11.5. The van der Waals surface area contributed by atoms with Crippen LogP contribution in [0.15, 0.2) is 36.4 Å². The van der Waals surface area contributed by atoms with Gasteiger partial charge in [-0.1, -0.05) is 38.1 Å². The average Bonchev–Trinajstić information content (AvgIpc) is 2.88. The van der Waals surface area contributed by atoms with Crippen LogP contribution in [0.3, 0.4) is 0 Å². The molecule has 1 amide bonds. The van der Waals surface area contributed by atoms with Crippen molar-refractivity contribution in [2.75, 3.05) is 19.5 Å². The molecule has 0 bridgehead atoms. The van der Waals surface area contributed by atoms with Gasteiger partial charge in [0.2, 0.25) is 0 Å². The van der Waals surface area contributed by atoms with E-state index in [0.29, 0.717) is 23.0 Å². The van der Waals surface area contributed by atoms with Crippen molar-refractivity contribution >= 4 is 23.2 Å². The Morgan fingerprint density at radius 2 is 1.62 bits per heavy atom. The Hall–Kier alpha value is -2.75. The van der Waals surface area contributed by atoms with Crippen molar-refractivity contribution in [3.8, 4) is 11.5 Å². The van der Waals surface area contributed by atoms with Gasteiger partial charge in [-0.2, -0.15) is 0 Å². The maximum atomic E-state index is 12.3. The Labute approximate surface area is 142 Å². The van der Waals surface area contributed by atoms with Gasteiger partial charge in [0.25, 0.3) is 5.91 Å². The molecule has 1 heterocycles. The summed E-state index contributed by atoms with van der Waals surface area (Å²) in [5, 5.41) is 2.88. The van der Waals surface area contributed by atoms with Crippen LogP contribution in [-0.2, 0) is 4.79 Å². The molecule has 2 aromatic rings. The maximum Gasteiger partial charge on any atom is 0.256 e. The first-order valence-corrected chi connectivity index (χ1v) is 7.93. The highest BCUT2D eigenvalue weighted by Gasteiger charge is 2.26. The zero-order valence-electron chi connectivity index (χ0n) is 14.3. The van der Waals surface area contributed by atoms with E-state index >= 15 is 0 Å². The van der Waals surface area contributed by atoms with Crippen molar-refractivity contribution in [2.24, 2.45) is 0 Å². The van der Waals surface area contributed by atoms with Gasteiger partial charge >= 0.3 is 0 Å². The first kappa shape index (κ1) is 16.1. The lowest BCUT2D eigenvalue weighted by Gasteiger charge is -2.09. The third kappa shape index (κ3) is 2.87. The second kappa shape index (κ2) is 6.40. The maximum absolute atomic E-state index is 12.3. The van der Waals surface area contributed by atoms with Crippen LogP contribution >= 0.6 is 0 Å². The molecule has 0 unspecified atom stereocenters. The van der Waals surface area contributed by atoms with Crippen LogP contribution in [0.1, 0.15) is 36.5 Å². The first-order valence-electron chi connectivity index (χ1n) is 7.93. The summed E-state index contributed by atoms with van der Waals surface area (Å²) >= 11 is 0. The summed E-state index contributed by atoms with van der Waals surface area (Å²) in [6.45, 7) is 4.32. The van der Waals surface area contributed by atoms with Crippen molar-refractivity contribution in [2.45, 2.75) is 19.8 Å². The van der Waals surface area contributed by atoms with E-state index < -0.39 is 0 Å². The van der Waals surface area contributed by atoms with Gasteiger partial charge in [0.15, 0.2) is 11.5 Å². The average molecular weight is 323 g/mol. The number of anilines is 1. The lowest BCUT2D eigenvalue weighted by Crippen LogP contribution is -2.03. The lowest BCUT2D eigenvalue weighted by molar-refractivity contribution is -0.110. The molecule has 2 aromatic carbocycles. The topological polar surface area (TPSA) is 47.6 Å². The molecule has 4 heteroatoms. The van der Waals surface area contributed by atoms with Gasteiger partial charge < -0.3 is 14.8 Å². The molecule has 0 radical (unpaired) electrons. The fourth-order valence-corrected chi connectivity index (χ4v) is 2.80. The van der Waals surface area contributed by atoms with E-state index in [1.54, 1.807) is 20.3 Å². The lowest BCUT2D eigenvalue weighted by atomic mass is 9.99. The van der Waals surface area contributed by atoms with Crippen LogP contribution in [0.25, 0.3) is 11.6 Å². The summed E-state index contributed by atoms with van der Waals surface area (Å²) in [7, 11) is 3.16. The van der Waals surface area contributed by atoms with E-state index in [2.05, 4.69) is 31.3 Å². The Kier molecular flexibility index (Phi) is 4.30. The summed E-state index contributed by atoms with van der Waals surface area (Å²) in [6, 6.07) is 11.9. The van der Waals surface area contributed by atoms with Crippen LogP contribution in [0.2, 0.25) is 0 Å². The number of benzene rings is 2. The van der Waals surface area contributed by atoms with E-state index in [-0.39, 0.29) is 5.91 Å². The number of hydrogen-bond donors (Lipinski definition) is 1. The summed E-state index contributed by atoms with van der Waals surface area (Å²) in [5.41, 5.74) is 4.46. The number of hydrogen-bond acceptors (Lipinski definition) is 3. The molecule has 1 N–H and O–H groups in total. The predicted molar refractivity (Wildman–Crippen MR) is 96.6 cm³/mol. The number of amides is 1. The zero-order chi connectivity index (χ0) is 17.3. The molecule has 0 spiro atoms. The van der Waals surface area contributed by atoms with Gasteiger partial charge in [-0.15, -0.1) is 0 Å². The molecule has 0 aliphatic carbocycles. The highest BCUT2D eigenvalue weighted by Crippen LogP contribution is 2.41. The van der Waals surface area contributed by atoms with E-state index in [1.165, 1.54) is 5.56 Å². The summed E-state index contributed by atoms with van der Waals surface area (Å²) < 4.78 is 10.6. The Balaban J connectivity index is 2.02. The second-order valence-electron chi connectivity index (χ2n) is 6.09. The minimum atomic E-state index is -0.117. The predicted octanol–water partition coefficient (Wildman–Crippen LogP) is 4.32. The molecule has 0 atom stereocenters. The molecular weight excluding hydrogens is 302 g/mol. The van der Waals surface area contributed by atoms with E-state index in [9.17, 15) is 4.79 Å². The summed E-state index contributed by atoms with van der Waals surface area (Å²) in [4.78, 5) is 12.3. The van der Waals surface area contributed by atoms with Gasteiger partial charge in [0.05, 0.1) is 19.9 Å². The van der Waals surface area contributed by atoms with Crippen LogP contribution in [0.4, 0.5) is 5.69 Å². The minimum absolute atomic E-state index is 0.117. The number of ether oxygens (including phenoxy) is 2. The van der Waals surface area contributed by atoms with Crippen LogP contribution in [-0.4, -0.2) is 20.1 Å². The van der Waals surface area contributed by atoms with Crippen molar-refractivity contribution in [1.82, 2.24) is 0 Å². The second-order valence-corrected chi connectivity index (χ2v) is 6.09. The van der Waals surface area contributed by atoms with Crippen molar-refractivity contribution in [3.63, 3.8) is 0 Å². The highest BCUT2D eigenvalue weighted by molar-refractivity contribution is 6.35.